The molecule has 0 aliphatic carbocycles. The van der Waals surface area contributed by atoms with Crippen LogP contribution in [0.5, 0.6) is 5.75 Å². The summed E-state index contributed by atoms with van der Waals surface area (Å²) < 4.78 is 38.0. The zero-order chi connectivity index (χ0) is 22.6. The van der Waals surface area contributed by atoms with E-state index in [1.54, 1.807) is 18.2 Å². The Hall–Kier alpha value is -2.42. The monoisotopic (exact) mass is 446 g/mol. The molecule has 2 aromatic carbocycles. The normalized spacial score (nSPS) is 15.0. The largest absolute Gasteiger partial charge is 0.496 e. The third kappa shape index (κ3) is 5.44. The van der Waals surface area contributed by atoms with Gasteiger partial charge in [-0.05, 0) is 62.1 Å². The minimum Gasteiger partial charge on any atom is -0.496 e. The van der Waals surface area contributed by atoms with Gasteiger partial charge in [0.25, 0.3) is 0 Å². The van der Waals surface area contributed by atoms with E-state index in [-0.39, 0.29) is 17.2 Å². The topological polar surface area (TPSA) is 84.9 Å². The number of nitrogens with zero attached hydrogens (tertiary/aromatic N) is 1. The van der Waals surface area contributed by atoms with Gasteiger partial charge in [-0.3, -0.25) is 4.79 Å². The molecule has 3 rings (SSSR count). The van der Waals surface area contributed by atoms with Gasteiger partial charge in [0, 0.05) is 25.2 Å². The van der Waals surface area contributed by atoms with Gasteiger partial charge in [-0.15, -0.1) is 0 Å². The van der Waals surface area contributed by atoms with Crippen LogP contribution in [0.15, 0.2) is 35.2 Å². The van der Waals surface area contributed by atoms with Crippen molar-refractivity contribution in [2.45, 2.75) is 38.5 Å². The van der Waals surface area contributed by atoms with E-state index in [9.17, 15) is 13.2 Å². The minimum atomic E-state index is -3.61. The van der Waals surface area contributed by atoms with Crippen LogP contribution in [0.3, 0.4) is 0 Å². The number of nitrogens with one attached hydrogen (secondary N) is 1. The van der Waals surface area contributed by atoms with Gasteiger partial charge in [0.2, 0.25) is 15.9 Å². The van der Waals surface area contributed by atoms with E-state index < -0.39 is 10.0 Å². The second kappa shape index (κ2) is 9.80. The molecule has 1 aliphatic heterocycles. The Morgan fingerprint density at radius 2 is 1.74 bits per heavy atom. The average molecular weight is 447 g/mol. The van der Waals surface area contributed by atoms with Crippen molar-refractivity contribution < 1.29 is 22.7 Å². The molecule has 0 bridgehead atoms. The van der Waals surface area contributed by atoms with Crippen LogP contribution in [0.1, 0.15) is 28.7 Å². The molecule has 0 atom stereocenters. The molecule has 0 radical (unpaired) electrons. The molecule has 1 saturated heterocycles. The number of hydrogen-bond acceptors (Lipinski definition) is 5. The van der Waals surface area contributed by atoms with Gasteiger partial charge in [-0.2, -0.15) is 4.31 Å². The standard InChI is InChI=1S/C23H30N2O5S/c1-16-13-17(2)23(18(3)14-16)24-22(26)8-5-19-15-20(6-7-21(19)29-4)31(27,28)25-9-11-30-12-10-25/h6-7,13-15H,5,8-12H2,1-4H3,(H,24,26). The summed E-state index contributed by atoms with van der Waals surface area (Å²) in [6, 6.07) is 8.87. The molecular weight excluding hydrogens is 416 g/mol. The van der Waals surface area contributed by atoms with Crippen molar-refractivity contribution in [3.05, 3.63) is 52.6 Å². The predicted molar refractivity (Wildman–Crippen MR) is 120 cm³/mol. The first-order valence-corrected chi connectivity index (χ1v) is 11.8. The molecule has 1 N–H and O–H groups in total. The number of benzene rings is 2. The smallest absolute Gasteiger partial charge is 0.243 e. The fourth-order valence-electron chi connectivity index (χ4n) is 3.87. The Morgan fingerprint density at radius 3 is 2.35 bits per heavy atom. The molecule has 1 heterocycles. The Kier molecular flexibility index (Phi) is 7.35. The summed E-state index contributed by atoms with van der Waals surface area (Å²) in [6.07, 6.45) is 0.579. The SMILES string of the molecule is COc1ccc(S(=O)(=O)N2CCOCC2)cc1CCC(=O)Nc1c(C)cc(C)cc1C. The van der Waals surface area contributed by atoms with E-state index in [1.165, 1.54) is 11.4 Å². The second-order valence-electron chi connectivity index (χ2n) is 7.81. The van der Waals surface area contributed by atoms with Gasteiger partial charge in [0.15, 0.2) is 0 Å². The van der Waals surface area contributed by atoms with E-state index in [0.717, 1.165) is 22.4 Å². The number of carbonyl (C=O) groups excluding carboxylic acids is 1. The molecule has 0 aromatic heterocycles. The number of aryl methyl sites for hydroxylation is 4. The molecule has 2 aromatic rings. The van der Waals surface area contributed by atoms with E-state index in [2.05, 4.69) is 5.32 Å². The fraction of sp³-hybridized carbons (Fsp3) is 0.435. The molecule has 0 spiro atoms. The average Bonchev–Trinajstić information content (AvgIpc) is 2.75. The summed E-state index contributed by atoms with van der Waals surface area (Å²) in [5, 5.41) is 2.99. The number of hydrogen-bond donors (Lipinski definition) is 1. The number of ether oxygens (including phenoxy) is 2. The van der Waals surface area contributed by atoms with Crippen LogP contribution in [0.4, 0.5) is 5.69 Å². The summed E-state index contributed by atoms with van der Waals surface area (Å²) in [7, 11) is -2.08. The molecule has 0 saturated carbocycles. The van der Waals surface area contributed by atoms with Crippen molar-refractivity contribution in [1.82, 2.24) is 4.31 Å². The molecule has 8 heteroatoms. The van der Waals surface area contributed by atoms with Gasteiger partial charge in [0.05, 0.1) is 25.2 Å². The highest BCUT2D eigenvalue weighted by molar-refractivity contribution is 7.89. The van der Waals surface area contributed by atoms with Crippen molar-refractivity contribution in [3.63, 3.8) is 0 Å². The number of anilines is 1. The van der Waals surface area contributed by atoms with Gasteiger partial charge in [-0.25, -0.2) is 8.42 Å². The maximum absolute atomic E-state index is 13.0. The molecule has 7 nitrogen and oxygen atoms in total. The van der Waals surface area contributed by atoms with Gasteiger partial charge in [0.1, 0.15) is 5.75 Å². The highest BCUT2D eigenvalue weighted by Crippen LogP contribution is 2.27. The van der Waals surface area contributed by atoms with Crippen LogP contribution >= 0.6 is 0 Å². The Balaban J connectivity index is 1.75. The van der Waals surface area contributed by atoms with Crippen LogP contribution in [0.25, 0.3) is 0 Å². The molecular formula is C23H30N2O5S. The lowest BCUT2D eigenvalue weighted by Crippen LogP contribution is -2.40. The number of sulfonamides is 1. The summed E-state index contributed by atoms with van der Waals surface area (Å²) in [4.78, 5) is 12.8. The highest BCUT2D eigenvalue weighted by atomic mass is 32.2. The van der Waals surface area contributed by atoms with Gasteiger partial charge in [-0.1, -0.05) is 17.7 Å². The Morgan fingerprint density at radius 1 is 1.10 bits per heavy atom. The van der Waals surface area contributed by atoms with E-state index in [4.69, 9.17) is 9.47 Å². The zero-order valence-electron chi connectivity index (χ0n) is 18.5. The number of methoxy groups -OCH3 is 1. The first-order chi connectivity index (χ1) is 14.7. The van der Waals surface area contributed by atoms with Crippen molar-refractivity contribution in [1.29, 1.82) is 0 Å². The van der Waals surface area contributed by atoms with Crippen LogP contribution < -0.4 is 10.1 Å². The molecule has 1 fully saturated rings. The van der Waals surface area contributed by atoms with Crippen molar-refractivity contribution >= 4 is 21.6 Å². The van der Waals surface area contributed by atoms with Crippen molar-refractivity contribution in [3.8, 4) is 5.75 Å². The van der Waals surface area contributed by atoms with Crippen LogP contribution in [0, 0.1) is 20.8 Å². The van der Waals surface area contributed by atoms with E-state index in [1.807, 2.05) is 32.9 Å². The van der Waals surface area contributed by atoms with Crippen LogP contribution in [0.2, 0.25) is 0 Å². The molecule has 168 valence electrons. The summed E-state index contributed by atoms with van der Waals surface area (Å²) in [5.41, 5.74) is 4.69. The molecule has 1 aliphatic rings. The minimum absolute atomic E-state index is 0.126. The Labute approximate surface area is 184 Å². The van der Waals surface area contributed by atoms with Crippen molar-refractivity contribution in [2.24, 2.45) is 0 Å². The second-order valence-corrected chi connectivity index (χ2v) is 9.75. The van der Waals surface area contributed by atoms with Crippen molar-refractivity contribution in [2.75, 3.05) is 38.7 Å². The third-order valence-electron chi connectivity index (χ3n) is 5.42. The summed E-state index contributed by atoms with van der Waals surface area (Å²) in [6.45, 7) is 7.41. The van der Waals surface area contributed by atoms with Gasteiger partial charge >= 0.3 is 0 Å². The Bertz CT molecular complexity index is 1040. The summed E-state index contributed by atoms with van der Waals surface area (Å²) >= 11 is 0. The summed E-state index contributed by atoms with van der Waals surface area (Å²) in [5.74, 6) is 0.440. The maximum Gasteiger partial charge on any atom is 0.243 e. The number of amides is 1. The number of carbonyl (C=O) groups is 1. The highest BCUT2D eigenvalue weighted by Gasteiger charge is 2.27. The molecule has 1 amide bonds. The van der Waals surface area contributed by atoms with Crippen LogP contribution in [-0.4, -0.2) is 52.0 Å². The molecule has 31 heavy (non-hydrogen) atoms. The predicted octanol–water partition coefficient (Wildman–Crippen LogP) is 3.21. The lowest BCUT2D eigenvalue weighted by Gasteiger charge is -2.26. The van der Waals surface area contributed by atoms with E-state index >= 15 is 0 Å². The third-order valence-corrected chi connectivity index (χ3v) is 7.32. The first-order valence-electron chi connectivity index (χ1n) is 10.3. The van der Waals surface area contributed by atoms with E-state index in [0.29, 0.717) is 44.0 Å². The number of morpholine rings is 1. The van der Waals surface area contributed by atoms with Gasteiger partial charge < -0.3 is 14.8 Å². The van der Waals surface area contributed by atoms with Crippen LogP contribution in [-0.2, 0) is 26.0 Å². The number of rotatable bonds is 7. The zero-order valence-corrected chi connectivity index (χ0v) is 19.3. The maximum atomic E-state index is 13.0. The lowest BCUT2D eigenvalue weighted by molar-refractivity contribution is -0.116. The molecule has 0 unspecified atom stereocenters. The first kappa shape index (κ1) is 23.2. The lowest BCUT2D eigenvalue weighted by atomic mass is 10.0. The fourth-order valence-corrected chi connectivity index (χ4v) is 5.33. The quantitative estimate of drug-likeness (QED) is 0.706.